The lowest BCUT2D eigenvalue weighted by Crippen LogP contribution is -2.14. The fourth-order valence-corrected chi connectivity index (χ4v) is 1.03. The summed E-state index contributed by atoms with van der Waals surface area (Å²) in [7, 11) is 0. The van der Waals surface area contributed by atoms with E-state index >= 15 is 0 Å². The Hall–Kier alpha value is -1.88. The van der Waals surface area contributed by atoms with Gasteiger partial charge in [-0.25, -0.2) is 9.59 Å². The van der Waals surface area contributed by atoms with Gasteiger partial charge in [-0.05, 0) is 24.3 Å². The number of hydrogen-bond donors (Lipinski definition) is 0. The van der Waals surface area contributed by atoms with Crippen molar-refractivity contribution in [3.63, 3.8) is 0 Å². The van der Waals surface area contributed by atoms with E-state index in [2.05, 4.69) is 14.5 Å². The molecular weight excluding hydrogens is 188 g/mol. The van der Waals surface area contributed by atoms with Crippen molar-refractivity contribution in [2.75, 3.05) is 6.79 Å². The molecular formula is C9H6O5. The summed E-state index contributed by atoms with van der Waals surface area (Å²) in [4.78, 5) is 31.0. The van der Waals surface area contributed by atoms with Gasteiger partial charge in [-0.1, -0.05) is 0 Å². The standard InChI is InChI=1S/C9H6O5/c10-8-6-1-3-7(4-2-6)9(11)14-13-5-12-8/h1-4H,5H2. The van der Waals surface area contributed by atoms with Crippen LogP contribution in [0, 0.1) is 0 Å². The lowest BCUT2D eigenvalue weighted by molar-refractivity contribution is -0.280. The van der Waals surface area contributed by atoms with E-state index in [1.54, 1.807) is 0 Å². The minimum Gasteiger partial charge on any atom is -0.431 e. The quantitative estimate of drug-likeness (QED) is 0.453. The Kier molecular flexibility index (Phi) is 2.16. The van der Waals surface area contributed by atoms with Crippen LogP contribution in [-0.2, 0) is 14.5 Å². The molecule has 0 saturated heterocycles. The van der Waals surface area contributed by atoms with Gasteiger partial charge in [-0.3, -0.25) is 4.89 Å². The van der Waals surface area contributed by atoms with E-state index in [-0.39, 0.29) is 0 Å². The van der Waals surface area contributed by atoms with Crippen molar-refractivity contribution in [3.8, 4) is 0 Å². The van der Waals surface area contributed by atoms with Crippen LogP contribution in [0.1, 0.15) is 20.7 Å². The van der Waals surface area contributed by atoms with Crippen LogP contribution in [0.5, 0.6) is 0 Å². The summed E-state index contributed by atoms with van der Waals surface area (Å²) >= 11 is 0. The van der Waals surface area contributed by atoms with Crippen LogP contribution in [0.3, 0.4) is 0 Å². The highest BCUT2D eigenvalue weighted by Gasteiger charge is 2.14. The number of hydrogen-bond acceptors (Lipinski definition) is 5. The van der Waals surface area contributed by atoms with Gasteiger partial charge in [-0.2, -0.15) is 0 Å². The molecule has 5 heteroatoms. The zero-order valence-electron chi connectivity index (χ0n) is 7.06. The topological polar surface area (TPSA) is 61.8 Å². The molecule has 2 bridgehead atoms. The van der Waals surface area contributed by atoms with Crippen LogP contribution < -0.4 is 0 Å². The zero-order valence-corrected chi connectivity index (χ0v) is 7.06. The Morgan fingerprint density at radius 1 is 0.929 bits per heavy atom. The highest BCUT2D eigenvalue weighted by molar-refractivity contribution is 5.93. The van der Waals surface area contributed by atoms with Crippen LogP contribution in [-0.4, -0.2) is 18.7 Å². The van der Waals surface area contributed by atoms with Gasteiger partial charge in [0.25, 0.3) is 0 Å². The molecule has 0 spiro atoms. The van der Waals surface area contributed by atoms with Gasteiger partial charge in [0.05, 0.1) is 11.1 Å². The molecule has 0 N–H and O–H groups in total. The summed E-state index contributed by atoms with van der Waals surface area (Å²) in [5, 5.41) is 0. The molecule has 0 atom stereocenters. The molecule has 0 radical (unpaired) electrons. The first-order chi connectivity index (χ1) is 6.77. The third-order valence-corrected chi connectivity index (χ3v) is 1.73. The van der Waals surface area contributed by atoms with E-state index in [0.29, 0.717) is 11.1 Å². The maximum atomic E-state index is 11.2. The Labute approximate surface area is 79.1 Å². The average Bonchev–Trinajstić information content (AvgIpc) is 2.23. The molecule has 0 fully saturated rings. The molecule has 0 unspecified atom stereocenters. The number of ether oxygens (including phenoxy) is 1. The van der Waals surface area contributed by atoms with Crippen molar-refractivity contribution >= 4 is 11.9 Å². The van der Waals surface area contributed by atoms with Crippen LogP contribution in [0.4, 0.5) is 0 Å². The Bertz CT molecular complexity index is 330. The van der Waals surface area contributed by atoms with Crippen LogP contribution in [0.25, 0.3) is 0 Å². The van der Waals surface area contributed by atoms with E-state index in [4.69, 9.17) is 0 Å². The second-order valence-electron chi connectivity index (χ2n) is 2.62. The zero-order chi connectivity index (χ0) is 9.97. The highest BCUT2D eigenvalue weighted by Crippen LogP contribution is 2.09. The van der Waals surface area contributed by atoms with Crippen molar-refractivity contribution < 1.29 is 24.1 Å². The summed E-state index contributed by atoms with van der Waals surface area (Å²) in [6.07, 6.45) is 0. The van der Waals surface area contributed by atoms with Crippen LogP contribution in [0.15, 0.2) is 24.3 Å². The Morgan fingerprint density at radius 2 is 1.50 bits per heavy atom. The molecule has 0 aliphatic carbocycles. The van der Waals surface area contributed by atoms with E-state index in [1.165, 1.54) is 24.3 Å². The molecule has 1 aromatic carbocycles. The monoisotopic (exact) mass is 194 g/mol. The molecule has 0 aromatic heterocycles. The lowest BCUT2D eigenvalue weighted by Gasteiger charge is -2.08. The SMILES string of the molecule is O=C1OCOOC(=O)c2ccc1cc2. The number of carbonyl (C=O) groups is 2. The number of benzene rings is 1. The smallest absolute Gasteiger partial charge is 0.373 e. The normalized spacial score (nSPS) is 16.0. The number of esters is 1. The molecule has 0 saturated carbocycles. The van der Waals surface area contributed by atoms with Crippen molar-refractivity contribution in [2.24, 2.45) is 0 Å². The summed E-state index contributed by atoms with van der Waals surface area (Å²) in [6.45, 7) is -0.400. The second-order valence-corrected chi connectivity index (χ2v) is 2.62. The van der Waals surface area contributed by atoms with Crippen LogP contribution in [0.2, 0.25) is 0 Å². The van der Waals surface area contributed by atoms with Crippen molar-refractivity contribution in [2.45, 2.75) is 0 Å². The van der Waals surface area contributed by atoms with Gasteiger partial charge in [-0.15, -0.1) is 4.89 Å². The predicted octanol–water partition coefficient (Wildman–Crippen LogP) is 0.903. The first-order valence-electron chi connectivity index (χ1n) is 3.88. The maximum absolute atomic E-state index is 11.2. The third-order valence-electron chi connectivity index (χ3n) is 1.73. The fourth-order valence-electron chi connectivity index (χ4n) is 1.03. The third kappa shape index (κ3) is 1.57. The van der Waals surface area contributed by atoms with Gasteiger partial charge >= 0.3 is 11.9 Å². The van der Waals surface area contributed by atoms with Crippen molar-refractivity contribution in [3.05, 3.63) is 35.4 Å². The molecule has 2 heterocycles. The molecule has 2 aliphatic heterocycles. The number of rotatable bonds is 0. The number of fused-ring (bicyclic) bond motifs is 7. The first-order valence-corrected chi connectivity index (χ1v) is 3.88. The minimum absolute atomic E-state index is 0.323. The van der Waals surface area contributed by atoms with Crippen molar-refractivity contribution in [1.82, 2.24) is 0 Å². The molecule has 5 nitrogen and oxygen atoms in total. The highest BCUT2D eigenvalue weighted by atomic mass is 17.2. The summed E-state index contributed by atoms with van der Waals surface area (Å²) in [5.74, 6) is -1.14. The molecule has 1 aromatic rings. The predicted molar refractivity (Wildman–Crippen MR) is 43.2 cm³/mol. The molecule has 14 heavy (non-hydrogen) atoms. The summed E-state index contributed by atoms with van der Waals surface area (Å²) in [5.41, 5.74) is 0.690. The van der Waals surface area contributed by atoms with E-state index < -0.39 is 18.7 Å². The average molecular weight is 194 g/mol. The van der Waals surface area contributed by atoms with Gasteiger partial charge < -0.3 is 4.74 Å². The largest absolute Gasteiger partial charge is 0.431 e. The molecule has 0 amide bonds. The van der Waals surface area contributed by atoms with E-state index in [0.717, 1.165) is 0 Å². The van der Waals surface area contributed by atoms with Gasteiger partial charge in [0, 0.05) is 0 Å². The summed E-state index contributed by atoms with van der Waals surface area (Å²) in [6, 6.07) is 5.91. The molecule has 3 rings (SSSR count). The molecule has 72 valence electrons. The van der Waals surface area contributed by atoms with E-state index in [1.807, 2.05) is 0 Å². The first kappa shape index (κ1) is 8.71. The van der Waals surface area contributed by atoms with E-state index in [9.17, 15) is 9.59 Å². The Balaban J connectivity index is 2.39. The maximum Gasteiger partial charge on any atom is 0.373 e. The fraction of sp³-hybridized carbons (Fsp3) is 0.111. The van der Waals surface area contributed by atoms with Gasteiger partial charge in [0.15, 0.2) is 0 Å². The number of carbonyl (C=O) groups excluding carboxylic acids is 2. The van der Waals surface area contributed by atoms with Crippen molar-refractivity contribution in [1.29, 1.82) is 0 Å². The van der Waals surface area contributed by atoms with Gasteiger partial charge in [0.1, 0.15) is 0 Å². The van der Waals surface area contributed by atoms with Gasteiger partial charge in [0.2, 0.25) is 6.79 Å². The lowest BCUT2D eigenvalue weighted by atomic mass is 10.1. The van der Waals surface area contributed by atoms with Crippen LogP contribution >= 0.6 is 0 Å². The Morgan fingerprint density at radius 3 is 2.14 bits per heavy atom. The minimum atomic E-state index is -0.616. The molecule has 2 aliphatic rings. The summed E-state index contributed by atoms with van der Waals surface area (Å²) < 4.78 is 4.61. The second kappa shape index (κ2) is 3.47.